The molecule has 4 nitrogen and oxygen atoms in total. The highest BCUT2D eigenvalue weighted by Gasteiger charge is 2.27. The van der Waals surface area contributed by atoms with Crippen molar-refractivity contribution in [2.75, 3.05) is 25.6 Å². The van der Waals surface area contributed by atoms with E-state index in [9.17, 15) is 26.7 Å². The third kappa shape index (κ3) is 5.00. The second-order valence-corrected chi connectivity index (χ2v) is 3.66. The average Bonchev–Trinajstić information content (AvgIpc) is 2.31. The molecule has 0 spiro atoms. The summed E-state index contributed by atoms with van der Waals surface area (Å²) in [6.07, 6.45) is -4.48. The number of nitrogen functional groups attached to an aromatic ring is 1. The quantitative estimate of drug-likeness (QED) is 0.392. The molecule has 0 fully saturated rings. The van der Waals surface area contributed by atoms with Crippen molar-refractivity contribution in [2.24, 2.45) is 0 Å². The average molecular weight is 299 g/mol. The largest absolute Gasteiger partial charge is 0.460 e. The van der Waals surface area contributed by atoms with Crippen LogP contribution in [0.3, 0.4) is 0 Å². The molecule has 0 aliphatic rings. The van der Waals surface area contributed by atoms with Crippen LogP contribution in [0, 0.1) is 11.6 Å². The molecule has 0 saturated carbocycles. The minimum Gasteiger partial charge on any atom is -0.460 e. The first-order valence-electron chi connectivity index (χ1n) is 5.27. The van der Waals surface area contributed by atoms with Gasteiger partial charge in [-0.05, 0) is 6.07 Å². The molecular formula is C11H10F5NO3. The molecule has 0 atom stereocenters. The second kappa shape index (κ2) is 6.51. The summed E-state index contributed by atoms with van der Waals surface area (Å²) in [6, 6.07) is 1.15. The molecular weight excluding hydrogens is 289 g/mol. The van der Waals surface area contributed by atoms with Gasteiger partial charge in [0, 0.05) is 11.8 Å². The van der Waals surface area contributed by atoms with Crippen LogP contribution in [0.4, 0.5) is 27.6 Å². The second-order valence-electron chi connectivity index (χ2n) is 3.66. The van der Waals surface area contributed by atoms with Crippen LogP contribution in [0.2, 0.25) is 0 Å². The van der Waals surface area contributed by atoms with Gasteiger partial charge in [-0.1, -0.05) is 0 Å². The van der Waals surface area contributed by atoms with E-state index in [0.717, 1.165) is 0 Å². The van der Waals surface area contributed by atoms with E-state index in [1.54, 1.807) is 0 Å². The number of carbonyl (C=O) groups is 1. The number of benzene rings is 1. The molecule has 0 bridgehead atoms. The molecule has 0 aromatic heterocycles. The lowest BCUT2D eigenvalue weighted by Crippen LogP contribution is -2.20. The van der Waals surface area contributed by atoms with Crippen molar-refractivity contribution < 1.29 is 36.2 Å². The Morgan fingerprint density at radius 2 is 1.75 bits per heavy atom. The number of alkyl halides is 3. The van der Waals surface area contributed by atoms with Crippen LogP contribution in [0.1, 0.15) is 10.4 Å². The van der Waals surface area contributed by atoms with Crippen LogP contribution >= 0.6 is 0 Å². The molecule has 2 N–H and O–H groups in total. The fourth-order valence-corrected chi connectivity index (χ4v) is 1.20. The predicted molar refractivity (Wildman–Crippen MR) is 57.9 cm³/mol. The Labute approximate surface area is 110 Å². The highest BCUT2D eigenvalue weighted by Crippen LogP contribution is 2.18. The van der Waals surface area contributed by atoms with Crippen molar-refractivity contribution in [1.29, 1.82) is 0 Å². The molecule has 0 aliphatic heterocycles. The number of hydrogen-bond donors (Lipinski definition) is 1. The minimum atomic E-state index is -4.48. The Bertz CT molecular complexity index is 490. The zero-order chi connectivity index (χ0) is 15.3. The van der Waals surface area contributed by atoms with Crippen LogP contribution in [-0.2, 0) is 9.47 Å². The van der Waals surface area contributed by atoms with Gasteiger partial charge in [-0.25, -0.2) is 13.6 Å². The highest BCUT2D eigenvalue weighted by atomic mass is 19.4. The Morgan fingerprint density at radius 3 is 2.35 bits per heavy atom. The summed E-state index contributed by atoms with van der Waals surface area (Å²) < 4.78 is 69.5. The summed E-state index contributed by atoms with van der Waals surface area (Å²) in [5.74, 6) is -3.61. The number of halogens is 5. The Morgan fingerprint density at radius 1 is 1.15 bits per heavy atom. The topological polar surface area (TPSA) is 61.6 Å². The SMILES string of the molecule is Nc1cc(F)c(F)cc1C(=O)OCCOCC(F)(F)F. The lowest BCUT2D eigenvalue weighted by molar-refractivity contribution is -0.175. The molecule has 20 heavy (non-hydrogen) atoms. The first kappa shape index (κ1) is 16.2. The molecule has 1 rings (SSSR count). The first-order chi connectivity index (χ1) is 9.20. The van der Waals surface area contributed by atoms with Gasteiger partial charge in [0.05, 0.1) is 12.2 Å². The van der Waals surface area contributed by atoms with Gasteiger partial charge >= 0.3 is 12.1 Å². The zero-order valence-electron chi connectivity index (χ0n) is 9.97. The van der Waals surface area contributed by atoms with Crippen molar-refractivity contribution in [2.45, 2.75) is 6.18 Å². The molecule has 1 aromatic carbocycles. The number of ether oxygens (including phenoxy) is 2. The predicted octanol–water partition coefficient (Wildman–Crippen LogP) is 2.28. The summed E-state index contributed by atoms with van der Waals surface area (Å²) in [5.41, 5.74) is 4.53. The van der Waals surface area contributed by atoms with Gasteiger partial charge in [0.2, 0.25) is 0 Å². The molecule has 0 amide bonds. The van der Waals surface area contributed by atoms with Crippen LogP contribution < -0.4 is 5.73 Å². The van der Waals surface area contributed by atoms with Crippen molar-refractivity contribution in [1.82, 2.24) is 0 Å². The van der Waals surface area contributed by atoms with Crippen LogP contribution in [0.15, 0.2) is 12.1 Å². The summed E-state index contributed by atoms with van der Waals surface area (Å²) >= 11 is 0. The van der Waals surface area contributed by atoms with Crippen molar-refractivity contribution in [3.63, 3.8) is 0 Å². The van der Waals surface area contributed by atoms with E-state index >= 15 is 0 Å². The Balaban J connectivity index is 2.46. The molecule has 0 saturated heterocycles. The standard InChI is InChI=1S/C11H10F5NO3/c12-7-3-6(9(17)4-8(7)13)10(18)20-2-1-19-5-11(14,15)16/h3-4H,1-2,5,17H2. The third-order valence-corrected chi connectivity index (χ3v) is 2.04. The fraction of sp³-hybridized carbons (Fsp3) is 0.364. The number of hydrogen-bond acceptors (Lipinski definition) is 4. The van der Waals surface area contributed by atoms with Crippen molar-refractivity contribution in [3.05, 3.63) is 29.3 Å². The van der Waals surface area contributed by atoms with Crippen molar-refractivity contribution >= 4 is 11.7 Å². The zero-order valence-corrected chi connectivity index (χ0v) is 9.97. The van der Waals surface area contributed by atoms with Gasteiger partial charge < -0.3 is 15.2 Å². The highest BCUT2D eigenvalue weighted by molar-refractivity contribution is 5.95. The van der Waals surface area contributed by atoms with Gasteiger partial charge in [0.25, 0.3) is 0 Å². The van der Waals surface area contributed by atoms with E-state index in [0.29, 0.717) is 12.1 Å². The maximum Gasteiger partial charge on any atom is 0.411 e. The number of nitrogens with two attached hydrogens (primary N) is 1. The van der Waals surface area contributed by atoms with E-state index in [1.807, 2.05) is 0 Å². The number of rotatable bonds is 5. The minimum absolute atomic E-state index is 0.342. The summed E-state index contributed by atoms with van der Waals surface area (Å²) in [7, 11) is 0. The molecule has 0 radical (unpaired) electrons. The van der Waals surface area contributed by atoms with Gasteiger partial charge in [-0.15, -0.1) is 0 Å². The summed E-state index contributed by atoms with van der Waals surface area (Å²) in [6.45, 7) is -2.44. The first-order valence-corrected chi connectivity index (χ1v) is 5.27. The fourth-order valence-electron chi connectivity index (χ4n) is 1.20. The Hall–Kier alpha value is -1.90. The number of esters is 1. The van der Waals surface area contributed by atoms with Gasteiger partial charge in [0.15, 0.2) is 11.6 Å². The van der Waals surface area contributed by atoms with Crippen LogP contribution in [0.5, 0.6) is 0 Å². The Kier molecular flexibility index (Phi) is 5.26. The normalized spacial score (nSPS) is 11.4. The van der Waals surface area contributed by atoms with E-state index < -0.39 is 49.2 Å². The summed E-state index contributed by atoms with van der Waals surface area (Å²) in [5, 5.41) is 0. The molecule has 0 unspecified atom stereocenters. The molecule has 0 aliphatic carbocycles. The van der Waals surface area contributed by atoms with Gasteiger partial charge in [0.1, 0.15) is 13.2 Å². The van der Waals surface area contributed by atoms with Gasteiger partial charge in [-0.2, -0.15) is 13.2 Å². The maximum atomic E-state index is 12.9. The summed E-state index contributed by atoms with van der Waals surface area (Å²) in [4.78, 5) is 11.4. The van der Waals surface area contributed by atoms with Gasteiger partial charge in [-0.3, -0.25) is 0 Å². The number of anilines is 1. The smallest absolute Gasteiger partial charge is 0.411 e. The molecule has 9 heteroatoms. The van der Waals surface area contributed by atoms with Crippen molar-refractivity contribution in [3.8, 4) is 0 Å². The maximum absolute atomic E-state index is 12.9. The van der Waals surface area contributed by atoms with Crippen LogP contribution in [-0.4, -0.2) is 32.0 Å². The van der Waals surface area contributed by atoms with E-state index in [1.165, 1.54) is 0 Å². The monoisotopic (exact) mass is 299 g/mol. The van der Waals surface area contributed by atoms with Crippen LogP contribution in [0.25, 0.3) is 0 Å². The van der Waals surface area contributed by atoms with E-state index in [4.69, 9.17) is 5.73 Å². The third-order valence-electron chi connectivity index (χ3n) is 2.04. The molecule has 112 valence electrons. The molecule has 1 aromatic rings. The molecule has 0 heterocycles. The van der Waals surface area contributed by atoms with E-state index in [-0.39, 0.29) is 5.69 Å². The lowest BCUT2D eigenvalue weighted by Gasteiger charge is -2.09. The number of carbonyl (C=O) groups excluding carboxylic acids is 1. The lowest BCUT2D eigenvalue weighted by atomic mass is 10.1. The van der Waals surface area contributed by atoms with E-state index in [2.05, 4.69) is 9.47 Å².